The first kappa shape index (κ1) is 24.9. The Morgan fingerprint density at radius 1 is 1.19 bits per heavy atom. The van der Waals surface area contributed by atoms with Crippen molar-refractivity contribution in [2.75, 3.05) is 0 Å². The molecule has 11 heteroatoms. The molecule has 0 saturated heterocycles. The molecule has 0 aliphatic rings. The van der Waals surface area contributed by atoms with E-state index >= 15 is 0 Å². The molecule has 0 aliphatic carbocycles. The first-order valence-corrected chi connectivity index (χ1v) is 11.9. The van der Waals surface area contributed by atoms with E-state index in [9.17, 15) is 18.0 Å². The average molecular weight is 470 g/mol. The highest BCUT2D eigenvalue weighted by molar-refractivity contribution is 7.86. The Morgan fingerprint density at radius 2 is 1.81 bits per heavy atom. The number of hydrogen-bond acceptors (Lipinski definition) is 9. The second-order valence-electron chi connectivity index (χ2n) is 7.95. The molecule has 2 rings (SSSR count). The third-order valence-corrected chi connectivity index (χ3v) is 6.54. The first-order valence-electron chi connectivity index (χ1n) is 9.56. The Hall–Kier alpha value is -2.34. The van der Waals surface area contributed by atoms with Crippen LogP contribution < -0.4 is 11.6 Å². The number of aromatic nitrogens is 1. The van der Waals surface area contributed by atoms with Gasteiger partial charge in [-0.15, -0.1) is 11.3 Å². The van der Waals surface area contributed by atoms with E-state index in [0.717, 1.165) is 5.69 Å². The van der Waals surface area contributed by atoms with Gasteiger partial charge in [-0.1, -0.05) is 19.1 Å². The van der Waals surface area contributed by atoms with Crippen LogP contribution in [0.25, 0.3) is 0 Å². The average Bonchev–Trinajstić information content (AvgIpc) is 3.15. The van der Waals surface area contributed by atoms with Crippen molar-refractivity contribution in [3.8, 4) is 0 Å². The normalized spacial score (nSPS) is 14.1. The monoisotopic (exact) mass is 469 g/mol. The number of amides is 1. The molecule has 0 aliphatic heterocycles. The number of esters is 1. The number of benzene rings is 1. The van der Waals surface area contributed by atoms with E-state index in [1.165, 1.54) is 23.5 Å². The van der Waals surface area contributed by atoms with E-state index in [1.807, 2.05) is 12.3 Å². The van der Waals surface area contributed by atoms with Crippen molar-refractivity contribution >= 4 is 33.3 Å². The summed E-state index contributed by atoms with van der Waals surface area (Å²) in [7, 11) is -4.04. The molecule has 0 saturated carbocycles. The maximum atomic E-state index is 12.9. The van der Waals surface area contributed by atoms with Crippen LogP contribution in [-0.4, -0.2) is 30.9 Å². The summed E-state index contributed by atoms with van der Waals surface area (Å²) in [4.78, 5) is 29.6. The fraction of sp³-hybridized carbons (Fsp3) is 0.450. The van der Waals surface area contributed by atoms with Gasteiger partial charge in [0.1, 0.15) is 11.5 Å². The molecule has 1 aromatic carbocycles. The number of primary amides is 1. The molecule has 1 aromatic heterocycles. The predicted molar refractivity (Wildman–Crippen MR) is 115 cm³/mol. The van der Waals surface area contributed by atoms with E-state index < -0.39 is 39.4 Å². The molecule has 2 aromatic rings. The summed E-state index contributed by atoms with van der Waals surface area (Å²) in [6, 6.07) is 5.78. The quantitative estimate of drug-likeness (QED) is 0.322. The summed E-state index contributed by atoms with van der Waals surface area (Å²) in [6.45, 7) is 7.06. The van der Waals surface area contributed by atoms with E-state index in [4.69, 9.17) is 16.4 Å². The number of carbonyl (C=O) groups excluding carboxylic acids is 2. The van der Waals surface area contributed by atoms with Crippen LogP contribution in [0.4, 0.5) is 0 Å². The van der Waals surface area contributed by atoms with Gasteiger partial charge in [0.25, 0.3) is 0 Å². The van der Waals surface area contributed by atoms with E-state index in [0.29, 0.717) is 17.0 Å². The molecule has 0 bridgehead atoms. The minimum absolute atomic E-state index is 0.114. The fourth-order valence-electron chi connectivity index (χ4n) is 2.95. The molecule has 0 spiro atoms. The number of thiazole rings is 1. The SMILES string of the molecule is CCc1csc([C@@H](Cc2ccc(S(=O)(=O)ON)cc2)[C@@H](C(N)=O)C(=O)OC(C)(C)C)n1. The number of aryl methyl sites for hydroxylation is 1. The van der Waals surface area contributed by atoms with Crippen LogP contribution in [0.5, 0.6) is 0 Å². The van der Waals surface area contributed by atoms with Gasteiger partial charge in [0.2, 0.25) is 5.91 Å². The molecule has 2 atom stereocenters. The van der Waals surface area contributed by atoms with Gasteiger partial charge in [-0.2, -0.15) is 18.6 Å². The van der Waals surface area contributed by atoms with Crippen molar-refractivity contribution in [3.05, 3.63) is 45.9 Å². The van der Waals surface area contributed by atoms with E-state index in [-0.39, 0.29) is 11.3 Å². The van der Waals surface area contributed by atoms with Gasteiger partial charge in [-0.3, -0.25) is 9.59 Å². The van der Waals surface area contributed by atoms with E-state index in [1.54, 1.807) is 32.9 Å². The van der Waals surface area contributed by atoms with E-state index in [2.05, 4.69) is 9.27 Å². The van der Waals surface area contributed by atoms with Crippen molar-refractivity contribution in [2.45, 2.75) is 57.0 Å². The van der Waals surface area contributed by atoms with Gasteiger partial charge >= 0.3 is 16.1 Å². The van der Waals surface area contributed by atoms with Crippen molar-refractivity contribution in [1.29, 1.82) is 0 Å². The number of nitrogens with zero attached hydrogens (tertiary/aromatic N) is 1. The lowest BCUT2D eigenvalue weighted by atomic mass is 9.86. The smallest absolute Gasteiger partial charge is 0.319 e. The second-order valence-corrected chi connectivity index (χ2v) is 10.4. The molecule has 0 unspecified atom stereocenters. The van der Waals surface area contributed by atoms with Gasteiger partial charge in [-0.05, 0) is 51.3 Å². The van der Waals surface area contributed by atoms with Crippen LogP contribution in [0.15, 0.2) is 34.5 Å². The maximum Gasteiger partial charge on any atom is 0.319 e. The highest BCUT2D eigenvalue weighted by atomic mass is 32.2. The lowest BCUT2D eigenvalue weighted by molar-refractivity contribution is -0.162. The molecule has 9 nitrogen and oxygen atoms in total. The topological polar surface area (TPSA) is 152 Å². The molecule has 0 radical (unpaired) electrons. The molecule has 4 N–H and O–H groups in total. The van der Waals surface area contributed by atoms with Gasteiger partial charge in [0, 0.05) is 11.3 Å². The Labute approximate surface area is 185 Å². The Morgan fingerprint density at radius 3 is 2.26 bits per heavy atom. The van der Waals surface area contributed by atoms with Crippen molar-refractivity contribution in [3.63, 3.8) is 0 Å². The lowest BCUT2D eigenvalue weighted by Crippen LogP contribution is -2.40. The third kappa shape index (κ3) is 6.57. The molecule has 1 amide bonds. The second kappa shape index (κ2) is 9.86. The maximum absolute atomic E-state index is 12.9. The molecule has 170 valence electrons. The number of nitrogens with two attached hydrogens (primary N) is 2. The zero-order valence-electron chi connectivity index (χ0n) is 17.8. The number of ether oxygens (including phenoxy) is 1. The van der Waals surface area contributed by atoms with Crippen LogP contribution in [0.1, 0.15) is 49.9 Å². The van der Waals surface area contributed by atoms with Crippen LogP contribution >= 0.6 is 11.3 Å². The van der Waals surface area contributed by atoms with Gasteiger partial charge in [-0.25, -0.2) is 4.98 Å². The van der Waals surface area contributed by atoms with Crippen molar-refractivity contribution < 1.29 is 27.0 Å². The van der Waals surface area contributed by atoms with Gasteiger partial charge < -0.3 is 10.5 Å². The number of hydrogen-bond donors (Lipinski definition) is 2. The molecular formula is C20H27N3O6S2. The largest absolute Gasteiger partial charge is 0.459 e. The van der Waals surface area contributed by atoms with Crippen molar-refractivity contribution in [1.82, 2.24) is 4.98 Å². The van der Waals surface area contributed by atoms with Crippen LogP contribution in [-0.2, 0) is 41.6 Å². The highest BCUT2D eigenvalue weighted by Gasteiger charge is 2.39. The van der Waals surface area contributed by atoms with Crippen LogP contribution in [0.2, 0.25) is 0 Å². The molecule has 1 heterocycles. The summed E-state index contributed by atoms with van der Waals surface area (Å²) in [5.74, 6) is 1.33. The predicted octanol–water partition coefficient (Wildman–Crippen LogP) is 2.05. The minimum atomic E-state index is -4.04. The zero-order valence-corrected chi connectivity index (χ0v) is 19.5. The minimum Gasteiger partial charge on any atom is -0.459 e. The number of rotatable bonds is 9. The summed E-state index contributed by atoms with van der Waals surface area (Å²) in [5.41, 5.74) is 6.32. The third-order valence-electron chi connectivity index (χ3n) is 4.41. The lowest BCUT2D eigenvalue weighted by Gasteiger charge is -2.26. The first-order chi connectivity index (χ1) is 14.4. The molecule has 0 fully saturated rings. The molecular weight excluding hydrogens is 442 g/mol. The standard InChI is InChI=1S/C20H27N3O6S2/c1-5-13-11-30-18(23-13)15(16(17(21)24)19(25)28-20(2,3)4)10-12-6-8-14(9-7-12)31(26,27)29-22/h6-9,11,15-16H,5,10,22H2,1-4H3,(H2,21,24)/t15-,16-/m0/s1. The molecule has 31 heavy (non-hydrogen) atoms. The Bertz CT molecular complexity index is 1030. The summed E-state index contributed by atoms with van der Waals surface area (Å²) >= 11 is 1.33. The Kier molecular flexibility index (Phi) is 7.93. The summed E-state index contributed by atoms with van der Waals surface area (Å²) in [5, 5.41) is 2.44. The number of carbonyl (C=O) groups is 2. The zero-order chi connectivity index (χ0) is 23.4. The van der Waals surface area contributed by atoms with Crippen molar-refractivity contribution in [2.24, 2.45) is 17.5 Å². The van der Waals surface area contributed by atoms with Crippen LogP contribution in [0.3, 0.4) is 0 Å². The van der Waals surface area contributed by atoms with Gasteiger partial charge in [0.05, 0.1) is 15.6 Å². The summed E-state index contributed by atoms with van der Waals surface area (Å²) < 4.78 is 32.9. The highest BCUT2D eigenvalue weighted by Crippen LogP contribution is 2.33. The Balaban J connectivity index is 2.45. The van der Waals surface area contributed by atoms with Gasteiger partial charge in [0.15, 0.2) is 0 Å². The summed E-state index contributed by atoms with van der Waals surface area (Å²) in [6.07, 6.45) is 0.913. The van der Waals surface area contributed by atoms with Crippen LogP contribution in [0, 0.1) is 5.92 Å². The fourth-order valence-corrected chi connectivity index (χ4v) is 4.57.